The summed E-state index contributed by atoms with van der Waals surface area (Å²) in [5, 5.41) is 5.16. The first-order valence-electron chi connectivity index (χ1n) is 11.6. The van der Waals surface area contributed by atoms with E-state index in [1.165, 1.54) is 0 Å². The molecule has 8 heteroatoms. The monoisotopic (exact) mass is 465 g/mol. The number of carbonyl (C=O) groups is 2. The van der Waals surface area contributed by atoms with Crippen molar-refractivity contribution in [2.45, 2.75) is 13.0 Å². The van der Waals surface area contributed by atoms with Crippen LogP contribution in [0.4, 0.5) is 0 Å². The number of methoxy groups -OCH3 is 1. The molecular weight excluding hydrogens is 434 g/mol. The minimum Gasteiger partial charge on any atom is -0.486 e. The number of hydrogen-bond acceptors (Lipinski definition) is 6. The predicted octanol–water partition coefficient (Wildman–Crippen LogP) is 2.92. The van der Waals surface area contributed by atoms with Gasteiger partial charge in [0.25, 0.3) is 5.91 Å². The molecule has 3 aromatic rings. The average Bonchev–Trinajstić information content (AvgIpc) is 3.34. The number of fused-ring (bicyclic) bond motifs is 1. The van der Waals surface area contributed by atoms with E-state index in [1.54, 1.807) is 24.1 Å². The van der Waals surface area contributed by atoms with Crippen LogP contribution < -0.4 is 10.1 Å². The van der Waals surface area contributed by atoms with Gasteiger partial charge in [-0.15, -0.1) is 0 Å². The Bertz CT molecular complexity index is 1100. The Kier molecular flexibility index (Phi) is 8.17. The Morgan fingerprint density at radius 1 is 1.00 bits per heavy atom. The summed E-state index contributed by atoms with van der Waals surface area (Å²) in [6.07, 6.45) is 0.795. The number of nitrogens with one attached hydrogen (secondary N) is 1. The first-order chi connectivity index (χ1) is 16.6. The van der Waals surface area contributed by atoms with Crippen molar-refractivity contribution in [1.82, 2.24) is 15.1 Å². The summed E-state index contributed by atoms with van der Waals surface area (Å²) >= 11 is 0. The van der Waals surface area contributed by atoms with Gasteiger partial charge in [0, 0.05) is 46.4 Å². The van der Waals surface area contributed by atoms with Crippen LogP contribution in [0.2, 0.25) is 0 Å². The molecule has 8 nitrogen and oxygen atoms in total. The lowest BCUT2D eigenvalue weighted by molar-refractivity contribution is -0.122. The highest BCUT2D eigenvalue weighted by Crippen LogP contribution is 2.22. The van der Waals surface area contributed by atoms with Crippen molar-refractivity contribution in [3.63, 3.8) is 0 Å². The average molecular weight is 466 g/mol. The number of hydrogen-bond donors (Lipinski definition) is 1. The van der Waals surface area contributed by atoms with E-state index >= 15 is 0 Å². The van der Waals surface area contributed by atoms with Gasteiger partial charge < -0.3 is 24.1 Å². The molecule has 4 rings (SSSR count). The lowest BCUT2D eigenvalue weighted by Gasteiger charge is -2.33. The molecule has 0 saturated carbocycles. The molecule has 1 N–H and O–H groups in total. The number of rotatable bonds is 10. The van der Waals surface area contributed by atoms with Crippen molar-refractivity contribution in [1.29, 1.82) is 0 Å². The first kappa shape index (κ1) is 23.8. The van der Waals surface area contributed by atoms with Crippen LogP contribution in [-0.2, 0) is 16.1 Å². The van der Waals surface area contributed by atoms with Crippen molar-refractivity contribution in [2.75, 3.05) is 53.0 Å². The summed E-state index contributed by atoms with van der Waals surface area (Å²) in [6.45, 7) is 4.23. The van der Waals surface area contributed by atoms with Gasteiger partial charge >= 0.3 is 0 Å². The van der Waals surface area contributed by atoms with E-state index in [9.17, 15) is 9.59 Å². The van der Waals surface area contributed by atoms with E-state index in [4.69, 9.17) is 13.9 Å². The maximum Gasteiger partial charge on any atom is 0.289 e. The summed E-state index contributed by atoms with van der Waals surface area (Å²) in [4.78, 5) is 28.7. The Morgan fingerprint density at radius 3 is 2.59 bits per heavy atom. The van der Waals surface area contributed by atoms with Crippen LogP contribution in [0.5, 0.6) is 5.75 Å². The van der Waals surface area contributed by atoms with Gasteiger partial charge in [-0.3, -0.25) is 14.5 Å². The third-order valence-electron chi connectivity index (χ3n) is 5.85. The van der Waals surface area contributed by atoms with Crippen LogP contribution in [0, 0.1) is 0 Å². The predicted molar refractivity (Wildman–Crippen MR) is 129 cm³/mol. The second kappa shape index (κ2) is 11.7. The molecule has 0 atom stereocenters. The van der Waals surface area contributed by atoms with Gasteiger partial charge in [0.15, 0.2) is 5.76 Å². The molecule has 0 spiro atoms. The Morgan fingerprint density at radius 2 is 1.79 bits per heavy atom. The largest absolute Gasteiger partial charge is 0.486 e. The van der Waals surface area contributed by atoms with Gasteiger partial charge in [0.05, 0.1) is 6.54 Å². The number of carbonyl (C=O) groups excluding carboxylic acids is 2. The zero-order valence-electron chi connectivity index (χ0n) is 19.5. The molecule has 180 valence electrons. The molecule has 2 aromatic carbocycles. The fourth-order valence-corrected chi connectivity index (χ4v) is 3.95. The van der Waals surface area contributed by atoms with E-state index in [0.717, 1.165) is 22.9 Å². The number of piperazine rings is 1. The SMILES string of the molecule is COCCCNC(=O)CN1CCN(C(=O)c2ccc(COc3ccc4ccccc4c3)o2)CC1. The fourth-order valence-electron chi connectivity index (χ4n) is 3.95. The molecule has 1 aliphatic heterocycles. The fraction of sp³-hybridized carbons (Fsp3) is 0.385. The third kappa shape index (κ3) is 6.36. The molecule has 1 saturated heterocycles. The van der Waals surface area contributed by atoms with Gasteiger partial charge in [-0.05, 0) is 41.5 Å². The smallest absolute Gasteiger partial charge is 0.289 e. The lowest BCUT2D eigenvalue weighted by atomic mass is 10.1. The Hall–Kier alpha value is -3.36. The van der Waals surface area contributed by atoms with Crippen LogP contribution in [0.1, 0.15) is 22.7 Å². The van der Waals surface area contributed by atoms with Crippen molar-refractivity contribution in [3.8, 4) is 5.75 Å². The van der Waals surface area contributed by atoms with Crippen molar-refractivity contribution >= 4 is 22.6 Å². The quantitative estimate of drug-likeness (QED) is 0.464. The van der Waals surface area contributed by atoms with Gasteiger partial charge in [-0.2, -0.15) is 0 Å². The van der Waals surface area contributed by atoms with Crippen LogP contribution in [0.25, 0.3) is 10.8 Å². The van der Waals surface area contributed by atoms with Gasteiger partial charge in [-0.25, -0.2) is 0 Å². The van der Waals surface area contributed by atoms with Gasteiger partial charge in [0.1, 0.15) is 18.1 Å². The second-order valence-electron chi connectivity index (χ2n) is 8.33. The molecule has 0 unspecified atom stereocenters. The molecule has 2 amide bonds. The highest BCUT2D eigenvalue weighted by molar-refractivity contribution is 5.91. The number of benzene rings is 2. The van der Waals surface area contributed by atoms with Gasteiger partial charge in [-0.1, -0.05) is 30.3 Å². The van der Waals surface area contributed by atoms with E-state index in [-0.39, 0.29) is 18.4 Å². The molecule has 0 aliphatic carbocycles. The Labute approximate surface area is 199 Å². The highest BCUT2D eigenvalue weighted by atomic mass is 16.5. The molecule has 2 heterocycles. The van der Waals surface area contributed by atoms with E-state index in [1.807, 2.05) is 36.4 Å². The number of amides is 2. The second-order valence-corrected chi connectivity index (χ2v) is 8.33. The van der Waals surface area contributed by atoms with Crippen molar-refractivity contribution in [2.24, 2.45) is 0 Å². The number of nitrogens with zero attached hydrogens (tertiary/aromatic N) is 2. The topological polar surface area (TPSA) is 84.2 Å². The number of ether oxygens (including phenoxy) is 2. The lowest BCUT2D eigenvalue weighted by Crippen LogP contribution is -2.51. The maximum absolute atomic E-state index is 12.8. The summed E-state index contributed by atoms with van der Waals surface area (Å²) in [5.74, 6) is 1.52. The summed E-state index contributed by atoms with van der Waals surface area (Å²) in [7, 11) is 1.64. The zero-order valence-corrected chi connectivity index (χ0v) is 19.5. The molecule has 1 fully saturated rings. The minimum absolute atomic E-state index is 0.00188. The first-order valence-corrected chi connectivity index (χ1v) is 11.6. The molecule has 1 aliphatic rings. The zero-order chi connectivity index (χ0) is 23.8. The van der Waals surface area contributed by atoms with Gasteiger partial charge in [0.2, 0.25) is 5.91 Å². The van der Waals surface area contributed by atoms with E-state index in [0.29, 0.717) is 57.4 Å². The summed E-state index contributed by atoms with van der Waals surface area (Å²) in [6, 6.07) is 17.5. The molecule has 34 heavy (non-hydrogen) atoms. The molecule has 0 bridgehead atoms. The van der Waals surface area contributed by atoms with Crippen molar-refractivity contribution in [3.05, 3.63) is 66.1 Å². The standard InChI is InChI=1S/C26H31N3O5/c1-32-16-4-11-27-25(30)18-28-12-14-29(15-13-28)26(31)24-10-9-23(34-24)19-33-22-8-7-20-5-2-3-6-21(20)17-22/h2-3,5-10,17H,4,11-16,18-19H2,1H3,(H,27,30). The van der Waals surface area contributed by atoms with Crippen molar-refractivity contribution < 1.29 is 23.5 Å². The molecular formula is C26H31N3O5. The van der Waals surface area contributed by atoms with Crippen LogP contribution in [0.3, 0.4) is 0 Å². The normalized spacial score (nSPS) is 14.3. The third-order valence-corrected chi connectivity index (χ3v) is 5.85. The summed E-state index contributed by atoms with van der Waals surface area (Å²) in [5.41, 5.74) is 0. The summed E-state index contributed by atoms with van der Waals surface area (Å²) < 4.78 is 16.6. The van der Waals surface area contributed by atoms with E-state index in [2.05, 4.69) is 16.3 Å². The maximum atomic E-state index is 12.8. The van der Waals surface area contributed by atoms with Crippen LogP contribution >= 0.6 is 0 Å². The molecule has 0 radical (unpaired) electrons. The Balaban J connectivity index is 1.22. The van der Waals surface area contributed by atoms with Crippen LogP contribution in [0.15, 0.2) is 59.0 Å². The van der Waals surface area contributed by atoms with Crippen LogP contribution in [-0.4, -0.2) is 74.6 Å². The molecule has 1 aromatic heterocycles. The highest BCUT2D eigenvalue weighted by Gasteiger charge is 2.25. The van der Waals surface area contributed by atoms with E-state index < -0.39 is 0 Å². The minimum atomic E-state index is -0.138. The number of furan rings is 1.